The second kappa shape index (κ2) is 14.1. The fourth-order valence-corrected chi connectivity index (χ4v) is 7.36. The van der Waals surface area contributed by atoms with E-state index in [0.29, 0.717) is 43.7 Å². The van der Waals surface area contributed by atoms with Crippen molar-refractivity contribution in [2.75, 3.05) is 38.5 Å². The number of rotatable bonds is 11. The molecule has 12 heteroatoms. The Bertz CT molecular complexity index is 1480. The summed E-state index contributed by atoms with van der Waals surface area (Å²) in [4.78, 5) is 57.5. The number of likely N-dealkylation sites (N-methyl/N-ethyl adjacent to an activating group) is 1. The minimum Gasteiger partial charge on any atom is -0.343 e. The van der Waals surface area contributed by atoms with Crippen molar-refractivity contribution in [2.24, 2.45) is 11.3 Å². The highest BCUT2D eigenvalue weighted by Gasteiger charge is 2.55. The molecule has 3 N–H and O–H groups in total. The van der Waals surface area contributed by atoms with Gasteiger partial charge >= 0.3 is 0 Å². The van der Waals surface area contributed by atoms with Gasteiger partial charge in [0.2, 0.25) is 17.7 Å². The molecule has 3 fully saturated rings. The summed E-state index contributed by atoms with van der Waals surface area (Å²) < 4.78 is 17.4. The molecule has 2 aliphatic carbocycles. The fraction of sp³-hybridized carbons (Fsp3) is 0.629. The van der Waals surface area contributed by atoms with Crippen molar-refractivity contribution >= 4 is 29.3 Å². The van der Waals surface area contributed by atoms with E-state index in [1.807, 2.05) is 14.0 Å². The number of carbonyl (C=O) groups is 4. The number of piperazine rings is 1. The van der Waals surface area contributed by atoms with Gasteiger partial charge in [-0.2, -0.15) is 5.10 Å². The Kier molecular flexibility index (Phi) is 10.4. The first kappa shape index (κ1) is 34.5. The van der Waals surface area contributed by atoms with Gasteiger partial charge in [-0.3, -0.25) is 23.9 Å². The number of aryl methyl sites for hydroxylation is 1. The molecule has 1 aliphatic heterocycles. The Balaban J connectivity index is 1.37. The number of amides is 4. The summed E-state index contributed by atoms with van der Waals surface area (Å²) in [6, 6.07) is 4.59. The number of carbonyl (C=O) groups excluding carboxylic acids is 4. The first-order chi connectivity index (χ1) is 22.4. The van der Waals surface area contributed by atoms with Gasteiger partial charge in [-0.15, -0.1) is 0 Å². The molecule has 0 bridgehead atoms. The smallest absolute Gasteiger partial charge is 0.270 e. The van der Waals surface area contributed by atoms with Crippen LogP contribution in [0.5, 0.6) is 0 Å². The zero-order chi connectivity index (χ0) is 33.9. The van der Waals surface area contributed by atoms with Crippen LogP contribution in [-0.4, -0.2) is 88.5 Å². The molecule has 3 aliphatic rings. The molecule has 1 aromatic carbocycles. The van der Waals surface area contributed by atoms with Crippen molar-refractivity contribution in [3.05, 3.63) is 47.5 Å². The van der Waals surface area contributed by atoms with Crippen molar-refractivity contribution in [2.45, 2.75) is 96.7 Å². The highest BCUT2D eigenvalue weighted by atomic mass is 19.1. The molecule has 11 nitrogen and oxygen atoms in total. The maximum Gasteiger partial charge on any atom is 0.270 e. The lowest BCUT2D eigenvalue weighted by Crippen LogP contribution is -2.58. The summed E-state index contributed by atoms with van der Waals surface area (Å²) >= 11 is 0. The summed E-state index contributed by atoms with van der Waals surface area (Å²) in [7, 11) is 2.01. The van der Waals surface area contributed by atoms with Crippen LogP contribution in [-0.2, 0) is 26.3 Å². The summed E-state index contributed by atoms with van der Waals surface area (Å²) in [5.74, 6) is -2.00. The average Bonchev–Trinajstić information content (AvgIpc) is 3.70. The largest absolute Gasteiger partial charge is 0.343 e. The lowest BCUT2D eigenvalue weighted by atomic mass is 9.70. The van der Waals surface area contributed by atoms with Crippen molar-refractivity contribution in [1.82, 2.24) is 30.2 Å². The van der Waals surface area contributed by atoms with Gasteiger partial charge in [-0.25, -0.2) is 4.39 Å². The first-order valence-corrected chi connectivity index (χ1v) is 17.1. The van der Waals surface area contributed by atoms with Crippen LogP contribution >= 0.6 is 0 Å². The molecule has 2 heterocycles. The third-order valence-corrected chi connectivity index (χ3v) is 10.4. The van der Waals surface area contributed by atoms with Crippen molar-refractivity contribution in [3.8, 4) is 0 Å². The molecular formula is C35H50FN7O4. The molecular weight excluding hydrogens is 601 g/mol. The highest BCUT2D eigenvalue weighted by molar-refractivity contribution is 6.01. The number of hydrogen-bond acceptors (Lipinski definition) is 6. The van der Waals surface area contributed by atoms with E-state index in [1.165, 1.54) is 12.1 Å². The van der Waals surface area contributed by atoms with Crippen LogP contribution in [0.3, 0.4) is 0 Å². The summed E-state index contributed by atoms with van der Waals surface area (Å²) in [6.45, 7) is 11.1. The van der Waals surface area contributed by atoms with Crippen molar-refractivity contribution in [1.29, 1.82) is 0 Å². The molecule has 0 radical (unpaired) electrons. The Labute approximate surface area is 277 Å². The van der Waals surface area contributed by atoms with Crippen LogP contribution in [0.15, 0.2) is 30.5 Å². The molecule has 0 spiro atoms. The van der Waals surface area contributed by atoms with Gasteiger partial charge in [0, 0.05) is 50.8 Å². The number of benzene rings is 1. The van der Waals surface area contributed by atoms with E-state index < -0.39 is 35.1 Å². The van der Waals surface area contributed by atoms with E-state index in [4.69, 9.17) is 0 Å². The van der Waals surface area contributed by atoms with Crippen molar-refractivity contribution < 1.29 is 23.6 Å². The summed E-state index contributed by atoms with van der Waals surface area (Å²) in [5.41, 5.74) is 0.266. The van der Waals surface area contributed by atoms with Crippen LogP contribution in [0.2, 0.25) is 0 Å². The normalized spacial score (nSPS) is 21.7. The van der Waals surface area contributed by atoms with Crippen molar-refractivity contribution in [3.63, 3.8) is 0 Å². The molecule has 3 atom stereocenters. The van der Waals surface area contributed by atoms with Gasteiger partial charge in [0.25, 0.3) is 5.91 Å². The van der Waals surface area contributed by atoms with Crippen LogP contribution in [0.25, 0.3) is 0 Å². The molecule has 5 rings (SSSR count). The third-order valence-electron chi connectivity index (χ3n) is 10.4. The Morgan fingerprint density at radius 3 is 2.36 bits per heavy atom. The zero-order valence-electron chi connectivity index (χ0n) is 28.4. The Morgan fingerprint density at radius 1 is 1.02 bits per heavy atom. The van der Waals surface area contributed by atoms with E-state index >= 15 is 4.39 Å². The second-order valence-electron chi connectivity index (χ2n) is 14.3. The SMILES string of the molecule is CCC(=O)N[C@@H](C(=O)N1CCN(C)CC1)C1(c2ccc(NC(=O)[C@@H](NC(=O)c3ccnn3CC)[C@H]3CCCC(C)(C)C3)c(F)c2)CC1. The van der Waals surface area contributed by atoms with E-state index in [2.05, 4.69) is 39.8 Å². The topological polar surface area (TPSA) is 129 Å². The second-order valence-corrected chi connectivity index (χ2v) is 14.3. The lowest BCUT2D eigenvalue weighted by Gasteiger charge is -2.38. The molecule has 1 aromatic heterocycles. The molecule has 2 saturated carbocycles. The number of anilines is 1. The molecule has 47 heavy (non-hydrogen) atoms. The Hall–Kier alpha value is -3.80. The highest BCUT2D eigenvalue weighted by Crippen LogP contribution is 2.52. The minimum absolute atomic E-state index is 0.00186. The molecule has 2 aromatic rings. The van der Waals surface area contributed by atoms with Gasteiger partial charge in [0.1, 0.15) is 23.6 Å². The predicted octanol–water partition coefficient (Wildman–Crippen LogP) is 3.70. The predicted molar refractivity (Wildman–Crippen MR) is 177 cm³/mol. The Morgan fingerprint density at radius 2 is 1.74 bits per heavy atom. The number of nitrogens with zero attached hydrogens (tertiary/aromatic N) is 4. The molecule has 0 unspecified atom stereocenters. The van der Waals surface area contributed by atoms with Gasteiger partial charge in [-0.05, 0) is 81.2 Å². The summed E-state index contributed by atoms with van der Waals surface area (Å²) in [5, 5.41) is 12.9. The molecule has 256 valence electrons. The van der Waals surface area contributed by atoms with Gasteiger partial charge in [0.15, 0.2) is 0 Å². The number of halogens is 1. The standard InChI is InChI=1S/C35H50FN7O4/c1-6-28(44)39-30(33(47)42-19-17-41(5)18-20-42)35(14-15-35)24-10-11-26(25(36)21-24)38-32(46)29(23-9-8-13-34(3,4)22-23)40-31(45)27-12-16-37-43(27)7-2/h10-12,16,21,23,29-30H,6-9,13-15,17-20,22H2,1-5H3,(H,38,46)(H,39,44)(H,40,45)/t23-,29-,30-/m0/s1. The number of nitrogens with one attached hydrogen (secondary N) is 3. The van der Waals surface area contributed by atoms with E-state index in [9.17, 15) is 19.2 Å². The van der Waals surface area contributed by atoms with Crippen LogP contribution in [0.4, 0.5) is 10.1 Å². The fourth-order valence-electron chi connectivity index (χ4n) is 7.36. The van der Waals surface area contributed by atoms with E-state index in [1.54, 1.807) is 34.8 Å². The van der Waals surface area contributed by atoms with Gasteiger partial charge in [-0.1, -0.05) is 33.3 Å². The monoisotopic (exact) mass is 651 g/mol. The number of hydrogen-bond donors (Lipinski definition) is 3. The molecule has 4 amide bonds. The van der Waals surface area contributed by atoms with Crippen LogP contribution in [0, 0.1) is 17.2 Å². The third kappa shape index (κ3) is 7.69. The van der Waals surface area contributed by atoms with Crippen LogP contribution < -0.4 is 16.0 Å². The zero-order valence-corrected chi connectivity index (χ0v) is 28.4. The van der Waals surface area contributed by atoms with Gasteiger partial charge < -0.3 is 25.8 Å². The maximum atomic E-state index is 15.9. The van der Waals surface area contributed by atoms with E-state index in [0.717, 1.165) is 38.8 Å². The van der Waals surface area contributed by atoms with E-state index in [-0.39, 0.29) is 35.3 Å². The summed E-state index contributed by atoms with van der Waals surface area (Å²) in [6.07, 6.45) is 6.52. The minimum atomic E-state index is -0.869. The first-order valence-electron chi connectivity index (χ1n) is 17.1. The average molecular weight is 652 g/mol. The molecule has 1 saturated heterocycles. The lowest BCUT2D eigenvalue weighted by molar-refractivity contribution is -0.138. The number of aromatic nitrogens is 2. The van der Waals surface area contributed by atoms with Gasteiger partial charge in [0.05, 0.1) is 5.69 Å². The van der Waals surface area contributed by atoms with Crippen LogP contribution in [0.1, 0.15) is 88.7 Å². The maximum absolute atomic E-state index is 15.9. The quantitative estimate of drug-likeness (QED) is 0.340.